The van der Waals surface area contributed by atoms with E-state index in [2.05, 4.69) is 4.90 Å². The molecule has 5 rings (SSSR count). The molecule has 1 aromatic heterocycles. The van der Waals surface area contributed by atoms with Gasteiger partial charge in [0, 0.05) is 23.1 Å². The van der Waals surface area contributed by atoms with E-state index in [4.69, 9.17) is 9.72 Å². The van der Waals surface area contributed by atoms with Crippen molar-refractivity contribution in [3.05, 3.63) is 78.6 Å². The molecule has 1 aliphatic rings. The minimum atomic E-state index is -0.288. The van der Waals surface area contributed by atoms with Crippen LogP contribution < -0.4 is 4.74 Å². The zero-order valence-electron chi connectivity index (χ0n) is 17.8. The summed E-state index contributed by atoms with van der Waals surface area (Å²) in [6.07, 6.45) is 2.56. The molecular formula is C27H25FN2O2. The van der Waals surface area contributed by atoms with E-state index in [0.29, 0.717) is 6.61 Å². The lowest BCUT2D eigenvalue weighted by molar-refractivity contribution is 0.238. The molecule has 0 saturated carbocycles. The normalized spacial score (nSPS) is 14.2. The van der Waals surface area contributed by atoms with Gasteiger partial charge >= 0.3 is 0 Å². The molecule has 2 heterocycles. The highest BCUT2D eigenvalue weighted by Crippen LogP contribution is 2.35. The predicted molar refractivity (Wildman–Crippen MR) is 125 cm³/mol. The Morgan fingerprint density at radius 3 is 2.34 bits per heavy atom. The molecule has 32 heavy (non-hydrogen) atoms. The van der Waals surface area contributed by atoms with E-state index in [-0.39, 0.29) is 11.6 Å². The summed E-state index contributed by atoms with van der Waals surface area (Å²) < 4.78 is 19.8. The number of fused-ring (bicyclic) bond motifs is 1. The number of aromatic hydroxyl groups is 1. The van der Waals surface area contributed by atoms with Gasteiger partial charge < -0.3 is 9.84 Å². The van der Waals surface area contributed by atoms with Crippen molar-refractivity contribution in [2.24, 2.45) is 0 Å². The molecule has 0 spiro atoms. The van der Waals surface area contributed by atoms with Crippen molar-refractivity contribution in [3.8, 4) is 33.9 Å². The fraction of sp³-hybridized carbons (Fsp3) is 0.222. The van der Waals surface area contributed by atoms with Gasteiger partial charge in [-0.15, -0.1) is 0 Å². The minimum absolute atomic E-state index is 0.202. The van der Waals surface area contributed by atoms with E-state index >= 15 is 0 Å². The third-order valence-corrected chi connectivity index (χ3v) is 5.96. The summed E-state index contributed by atoms with van der Waals surface area (Å²) in [6.45, 7) is 3.96. The van der Waals surface area contributed by atoms with Crippen molar-refractivity contribution in [1.29, 1.82) is 0 Å². The van der Waals surface area contributed by atoms with Gasteiger partial charge in [-0.1, -0.05) is 12.1 Å². The Labute approximate surface area is 186 Å². The van der Waals surface area contributed by atoms with Crippen molar-refractivity contribution in [1.82, 2.24) is 9.88 Å². The lowest BCUT2D eigenvalue weighted by Gasteiger charge is -2.15. The number of phenols is 1. The number of ether oxygens (including phenoxy) is 1. The fourth-order valence-electron chi connectivity index (χ4n) is 4.24. The number of pyridine rings is 1. The summed E-state index contributed by atoms with van der Waals surface area (Å²) in [5, 5.41) is 10.4. The Morgan fingerprint density at radius 2 is 1.59 bits per heavy atom. The van der Waals surface area contributed by atoms with E-state index in [1.54, 1.807) is 18.2 Å². The summed E-state index contributed by atoms with van der Waals surface area (Å²) in [6, 6.07) is 21.5. The number of phenolic OH excluding ortho intramolecular Hbond substituents is 1. The van der Waals surface area contributed by atoms with E-state index in [1.807, 2.05) is 42.5 Å². The number of hydrogen-bond donors (Lipinski definition) is 1. The number of benzene rings is 3. The van der Waals surface area contributed by atoms with Crippen LogP contribution in [0.4, 0.5) is 4.39 Å². The van der Waals surface area contributed by atoms with Gasteiger partial charge in [-0.2, -0.15) is 0 Å². The van der Waals surface area contributed by atoms with Gasteiger partial charge in [0.1, 0.15) is 23.9 Å². The van der Waals surface area contributed by atoms with Crippen LogP contribution >= 0.6 is 0 Å². The van der Waals surface area contributed by atoms with Gasteiger partial charge in [0.15, 0.2) is 0 Å². The summed E-state index contributed by atoms with van der Waals surface area (Å²) in [5.74, 6) is 0.747. The smallest absolute Gasteiger partial charge is 0.123 e. The molecule has 1 fully saturated rings. The second-order valence-corrected chi connectivity index (χ2v) is 8.19. The second kappa shape index (κ2) is 8.97. The molecular weight excluding hydrogens is 403 g/mol. The number of halogens is 1. The highest BCUT2D eigenvalue weighted by molar-refractivity contribution is 5.91. The Bertz CT molecular complexity index is 1220. The third-order valence-electron chi connectivity index (χ3n) is 5.96. The highest BCUT2D eigenvalue weighted by Gasteiger charge is 2.13. The topological polar surface area (TPSA) is 45.6 Å². The monoisotopic (exact) mass is 428 g/mol. The highest BCUT2D eigenvalue weighted by atomic mass is 19.1. The van der Waals surface area contributed by atoms with Crippen LogP contribution in [0.25, 0.3) is 33.3 Å². The van der Waals surface area contributed by atoms with Crippen LogP contribution in [0.15, 0.2) is 72.8 Å². The molecule has 0 radical (unpaired) electrons. The van der Waals surface area contributed by atoms with Crippen LogP contribution in [0.3, 0.4) is 0 Å². The molecule has 1 N–H and O–H groups in total. The number of hydrogen-bond acceptors (Lipinski definition) is 4. The van der Waals surface area contributed by atoms with Gasteiger partial charge in [-0.05, 0) is 92.2 Å². The number of aromatic nitrogens is 1. The van der Waals surface area contributed by atoms with Crippen molar-refractivity contribution >= 4 is 10.9 Å². The van der Waals surface area contributed by atoms with Crippen molar-refractivity contribution in [2.75, 3.05) is 26.2 Å². The Morgan fingerprint density at radius 1 is 0.875 bits per heavy atom. The molecule has 162 valence electrons. The fourth-order valence-corrected chi connectivity index (χ4v) is 4.24. The Hall–Kier alpha value is -3.44. The van der Waals surface area contributed by atoms with E-state index in [9.17, 15) is 9.50 Å². The lowest BCUT2D eigenvalue weighted by Crippen LogP contribution is -2.25. The van der Waals surface area contributed by atoms with Gasteiger partial charge in [-0.3, -0.25) is 4.90 Å². The van der Waals surface area contributed by atoms with Crippen LogP contribution in [0, 0.1) is 5.82 Å². The first-order valence-corrected chi connectivity index (χ1v) is 11.0. The largest absolute Gasteiger partial charge is 0.508 e. The Balaban J connectivity index is 1.46. The van der Waals surface area contributed by atoms with Crippen LogP contribution in [0.2, 0.25) is 0 Å². The summed E-state index contributed by atoms with van der Waals surface area (Å²) in [4.78, 5) is 7.25. The van der Waals surface area contributed by atoms with Crippen molar-refractivity contribution in [3.63, 3.8) is 0 Å². The van der Waals surface area contributed by atoms with Gasteiger partial charge in [0.25, 0.3) is 0 Å². The van der Waals surface area contributed by atoms with Crippen molar-refractivity contribution in [2.45, 2.75) is 12.8 Å². The number of nitrogens with zero attached hydrogens (tertiary/aromatic N) is 2. The van der Waals surface area contributed by atoms with Crippen LogP contribution in [0.5, 0.6) is 11.5 Å². The summed E-state index contributed by atoms with van der Waals surface area (Å²) in [5.41, 5.74) is 4.26. The quantitative estimate of drug-likeness (QED) is 0.416. The molecule has 4 aromatic rings. The molecule has 5 heteroatoms. The first-order chi connectivity index (χ1) is 15.7. The molecule has 4 nitrogen and oxygen atoms in total. The molecule has 0 atom stereocenters. The molecule has 0 amide bonds. The minimum Gasteiger partial charge on any atom is -0.508 e. The average molecular weight is 429 g/mol. The molecule has 0 aliphatic carbocycles. The molecule has 0 bridgehead atoms. The maximum Gasteiger partial charge on any atom is 0.123 e. The van der Waals surface area contributed by atoms with Crippen LogP contribution in [-0.4, -0.2) is 41.2 Å². The molecule has 1 aliphatic heterocycles. The SMILES string of the molecule is Oc1ccc(-c2nc3ccc(F)cc3cc2-c2ccc(OCCN3CCCC3)cc2)cc1. The number of likely N-dealkylation sites (tertiary alicyclic amines) is 1. The zero-order chi connectivity index (χ0) is 21.9. The van der Waals surface area contributed by atoms with Crippen LogP contribution in [-0.2, 0) is 0 Å². The molecule has 3 aromatic carbocycles. The third kappa shape index (κ3) is 4.43. The van der Waals surface area contributed by atoms with Gasteiger partial charge in [0.05, 0.1) is 11.2 Å². The van der Waals surface area contributed by atoms with Crippen molar-refractivity contribution < 1.29 is 14.2 Å². The second-order valence-electron chi connectivity index (χ2n) is 8.19. The lowest BCUT2D eigenvalue weighted by atomic mass is 9.97. The average Bonchev–Trinajstić information content (AvgIpc) is 3.33. The van der Waals surface area contributed by atoms with Gasteiger partial charge in [0.2, 0.25) is 0 Å². The maximum absolute atomic E-state index is 13.8. The van der Waals surface area contributed by atoms with E-state index in [1.165, 1.54) is 25.0 Å². The van der Waals surface area contributed by atoms with E-state index < -0.39 is 0 Å². The predicted octanol–water partition coefficient (Wildman–Crippen LogP) is 5.89. The Kier molecular flexibility index (Phi) is 5.73. The molecule has 1 saturated heterocycles. The molecule has 0 unspecified atom stereocenters. The van der Waals surface area contributed by atoms with E-state index in [0.717, 1.165) is 58.7 Å². The first-order valence-electron chi connectivity index (χ1n) is 11.0. The van der Waals surface area contributed by atoms with Crippen LogP contribution in [0.1, 0.15) is 12.8 Å². The zero-order valence-corrected chi connectivity index (χ0v) is 17.8. The summed E-state index contributed by atoms with van der Waals surface area (Å²) >= 11 is 0. The summed E-state index contributed by atoms with van der Waals surface area (Å²) in [7, 11) is 0. The maximum atomic E-state index is 13.8. The number of rotatable bonds is 6. The first kappa shape index (κ1) is 20.5. The standard InChI is InChI=1S/C27H25FN2O2/c28-22-7-12-26-21(17-22)18-25(27(29-26)20-3-8-23(31)9-4-20)19-5-10-24(11-6-19)32-16-15-30-13-1-2-14-30/h3-12,17-18,31H,1-2,13-16H2. The van der Waals surface area contributed by atoms with Gasteiger partial charge in [-0.25, -0.2) is 9.37 Å².